The Bertz CT molecular complexity index is 1310. The van der Waals surface area contributed by atoms with E-state index in [0.29, 0.717) is 24.4 Å². The minimum Gasteiger partial charge on any atom is -0.492 e. The fraction of sp³-hybridized carbons (Fsp3) is 0.333. The molecule has 37 heavy (non-hydrogen) atoms. The molecule has 0 saturated heterocycles. The van der Waals surface area contributed by atoms with Gasteiger partial charge in [0.1, 0.15) is 12.4 Å². The van der Waals surface area contributed by atoms with Crippen molar-refractivity contribution in [2.75, 3.05) is 44.5 Å². The van der Waals surface area contributed by atoms with Crippen molar-refractivity contribution in [3.05, 3.63) is 58.3 Å². The van der Waals surface area contributed by atoms with Gasteiger partial charge in [-0.2, -0.15) is 13.2 Å². The maximum absolute atomic E-state index is 13.4. The number of carbonyl (C=O) groups excluding carboxylic acids is 1. The zero-order valence-electron chi connectivity index (χ0n) is 20.7. The third kappa shape index (κ3) is 7.67. The van der Waals surface area contributed by atoms with Crippen LogP contribution in [0, 0.1) is 6.92 Å². The second-order valence-electron chi connectivity index (χ2n) is 8.18. The van der Waals surface area contributed by atoms with Crippen LogP contribution < -0.4 is 25.7 Å². The smallest absolute Gasteiger partial charge is 0.416 e. The lowest BCUT2D eigenvalue weighted by molar-refractivity contribution is -0.137. The van der Waals surface area contributed by atoms with E-state index in [9.17, 15) is 22.8 Å². The lowest BCUT2D eigenvalue weighted by Gasteiger charge is -2.16. The summed E-state index contributed by atoms with van der Waals surface area (Å²) in [6.07, 6.45) is -1.84. The van der Waals surface area contributed by atoms with Gasteiger partial charge in [0.15, 0.2) is 11.6 Å². The number of nitrogens with zero attached hydrogens (tertiary/aromatic N) is 3. The summed E-state index contributed by atoms with van der Waals surface area (Å²) in [6.45, 7) is 4.35. The van der Waals surface area contributed by atoms with Crippen LogP contribution in [0.15, 0.2) is 41.5 Å². The second-order valence-corrected chi connectivity index (χ2v) is 8.18. The average molecular weight is 521 g/mol. The number of likely N-dealkylation sites (N-methyl/N-ethyl adjacent to an activating group) is 1. The van der Waals surface area contributed by atoms with Crippen LogP contribution in [-0.4, -0.2) is 59.7 Å². The molecule has 3 rings (SSSR count). The fourth-order valence-electron chi connectivity index (χ4n) is 3.13. The Hall–Kier alpha value is -4.13. The quantitative estimate of drug-likeness (QED) is 0.388. The molecule has 0 aliphatic carbocycles. The zero-order chi connectivity index (χ0) is 27.2. The summed E-state index contributed by atoms with van der Waals surface area (Å²) >= 11 is 0. The average Bonchev–Trinajstić information content (AvgIpc) is 2.81. The molecule has 0 fully saturated rings. The predicted octanol–water partition coefficient (Wildman–Crippen LogP) is 4.14. The summed E-state index contributed by atoms with van der Waals surface area (Å²) in [6, 6.07) is 3.71. The second kappa shape index (κ2) is 11.7. The first-order valence-electron chi connectivity index (χ1n) is 11.2. The number of anilines is 2. The maximum atomic E-state index is 13.4. The Morgan fingerprint density at radius 2 is 1.89 bits per heavy atom. The summed E-state index contributed by atoms with van der Waals surface area (Å²) in [5.41, 5.74) is -0.322. The number of carbonyl (C=O) groups is 1. The molecule has 2 heterocycles. The van der Waals surface area contributed by atoms with Crippen molar-refractivity contribution in [1.82, 2.24) is 19.9 Å². The maximum Gasteiger partial charge on any atom is 0.416 e. The number of alkyl halides is 3. The molecule has 3 aromatic rings. The number of hydrogen-bond donors (Lipinski definition) is 3. The molecule has 0 spiro atoms. The number of nitrogens with one attached hydrogen (secondary N) is 3. The number of aryl methyl sites for hydroxylation is 1. The standard InChI is InChI=1S/C24H27F3N6O4/c1-5-36-20-8-15(12-29-22(20)34)21-28-13-19(14(2)30-21)32-23(35)31-17-9-16(24(25,26)27)10-18(11-17)37-7-6-33(3)4/h8-13H,5-7H2,1-4H3,(H,29,34)(H2,31,32,35). The number of H-pyrrole nitrogens is 1. The Balaban J connectivity index is 1.75. The van der Waals surface area contributed by atoms with E-state index in [2.05, 4.69) is 25.6 Å². The van der Waals surface area contributed by atoms with E-state index in [-0.39, 0.29) is 35.3 Å². The molecule has 2 amide bonds. The van der Waals surface area contributed by atoms with Crippen LogP contribution in [0.2, 0.25) is 0 Å². The van der Waals surface area contributed by atoms with Gasteiger partial charge in [0.25, 0.3) is 5.56 Å². The molecule has 0 aliphatic rings. The summed E-state index contributed by atoms with van der Waals surface area (Å²) < 4.78 is 50.8. The molecule has 0 unspecified atom stereocenters. The number of benzene rings is 1. The van der Waals surface area contributed by atoms with Gasteiger partial charge in [-0.05, 0) is 46.1 Å². The van der Waals surface area contributed by atoms with Crippen LogP contribution in [0.5, 0.6) is 11.5 Å². The number of amides is 2. The molecule has 13 heteroatoms. The van der Waals surface area contributed by atoms with E-state index in [1.807, 2.05) is 19.0 Å². The van der Waals surface area contributed by atoms with E-state index >= 15 is 0 Å². The van der Waals surface area contributed by atoms with Crippen LogP contribution in [0.1, 0.15) is 18.2 Å². The number of aromatic amines is 1. The first kappa shape index (κ1) is 27.5. The Labute approximate surface area is 210 Å². The topological polar surface area (TPSA) is 121 Å². The van der Waals surface area contributed by atoms with Crippen molar-refractivity contribution in [1.29, 1.82) is 0 Å². The summed E-state index contributed by atoms with van der Waals surface area (Å²) in [4.78, 5) is 37.3. The van der Waals surface area contributed by atoms with Crippen LogP contribution in [0.3, 0.4) is 0 Å². The summed E-state index contributed by atoms with van der Waals surface area (Å²) in [5.74, 6) is 0.371. The molecule has 0 radical (unpaired) electrons. The lowest BCUT2D eigenvalue weighted by atomic mass is 10.2. The van der Waals surface area contributed by atoms with Crippen molar-refractivity contribution >= 4 is 17.4 Å². The number of halogens is 3. The third-order valence-electron chi connectivity index (χ3n) is 4.95. The highest BCUT2D eigenvalue weighted by Gasteiger charge is 2.31. The van der Waals surface area contributed by atoms with Crippen LogP contribution in [0.4, 0.5) is 29.3 Å². The fourth-order valence-corrected chi connectivity index (χ4v) is 3.13. The summed E-state index contributed by atoms with van der Waals surface area (Å²) in [7, 11) is 3.62. The molecule has 1 aromatic carbocycles. The summed E-state index contributed by atoms with van der Waals surface area (Å²) in [5, 5.41) is 4.92. The van der Waals surface area contributed by atoms with Gasteiger partial charge in [-0.1, -0.05) is 0 Å². The van der Waals surface area contributed by atoms with Gasteiger partial charge in [-0.25, -0.2) is 14.8 Å². The Morgan fingerprint density at radius 3 is 2.54 bits per heavy atom. The molecule has 0 saturated carbocycles. The van der Waals surface area contributed by atoms with E-state index in [4.69, 9.17) is 9.47 Å². The highest BCUT2D eigenvalue weighted by Crippen LogP contribution is 2.34. The van der Waals surface area contributed by atoms with Crippen molar-refractivity contribution in [2.45, 2.75) is 20.0 Å². The van der Waals surface area contributed by atoms with E-state index in [0.717, 1.165) is 12.1 Å². The molecule has 10 nitrogen and oxygen atoms in total. The molecule has 0 bridgehead atoms. The molecule has 0 aliphatic heterocycles. The predicted molar refractivity (Wildman–Crippen MR) is 132 cm³/mol. The van der Waals surface area contributed by atoms with Crippen molar-refractivity contribution in [3.8, 4) is 22.9 Å². The van der Waals surface area contributed by atoms with Gasteiger partial charge < -0.3 is 30.0 Å². The zero-order valence-corrected chi connectivity index (χ0v) is 20.7. The number of hydrogen-bond acceptors (Lipinski definition) is 7. The largest absolute Gasteiger partial charge is 0.492 e. The molecule has 0 atom stereocenters. The molecule has 3 N–H and O–H groups in total. The van der Waals surface area contributed by atoms with E-state index in [1.54, 1.807) is 13.8 Å². The number of aromatic nitrogens is 3. The van der Waals surface area contributed by atoms with Crippen LogP contribution in [0.25, 0.3) is 11.4 Å². The number of ether oxygens (including phenoxy) is 2. The van der Waals surface area contributed by atoms with Gasteiger partial charge >= 0.3 is 12.2 Å². The van der Waals surface area contributed by atoms with Gasteiger partial charge in [0.05, 0.1) is 29.7 Å². The van der Waals surface area contributed by atoms with Gasteiger partial charge in [-0.3, -0.25) is 4.79 Å². The first-order valence-corrected chi connectivity index (χ1v) is 11.2. The van der Waals surface area contributed by atoms with Crippen molar-refractivity contribution in [2.24, 2.45) is 0 Å². The number of pyridine rings is 1. The first-order chi connectivity index (χ1) is 17.5. The lowest BCUT2D eigenvalue weighted by Crippen LogP contribution is -2.21. The highest BCUT2D eigenvalue weighted by molar-refractivity contribution is 6.00. The van der Waals surface area contributed by atoms with Gasteiger partial charge in [-0.15, -0.1) is 0 Å². The SMILES string of the molecule is CCOc1cc(-c2ncc(NC(=O)Nc3cc(OCCN(C)C)cc(C(F)(F)F)c3)c(C)n2)c[nH]c1=O. The van der Waals surface area contributed by atoms with E-state index in [1.165, 1.54) is 24.5 Å². The molecule has 198 valence electrons. The Morgan fingerprint density at radius 1 is 1.14 bits per heavy atom. The monoisotopic (exact) mass is 520 g/mol. The molecule has 2 aromatic heterocycles. The minimum atomic E-state index is -4.63. The van der Waals surface area contributed by atoms with E-state index < -0.39 is 23.3 Å². The normalized spacial score (nSPS) is 11.4. The molecular formula is C24H27F3N6O4. The minimum absolute atomic E-state index is 0.0248. The molecular weight excluding hydrogens is 493 g/mol. The van der Waals surface area contributed by atoms with Crippen molar-refractivity contribution in [3.63, 3.8) is 0 Å². The number of urea groups is 1. The van der Waals surface area contributed by atoms with Gasteiger partial charge in [0.2, 0.25) is 0 Å². The number of rotatable bonds is 9. The van der Waals surface area contributed by atoms with Crippen LogP contribution in [-0.2, 0) is 6.18 Å². The highest BCUT2D eigenvalue weighted by atomic mass is 19.4. The Kier molecular flexibility index (Phi) is 8.71. The third-order valence-corrected chi connectivity index (χ3v) is 4.95. The van der Waals surface area contributed by atoms with Gasteiger partial charge in [0, 0.05) is 30.1 Å². The van der Waals surface area contributed by atoms with Crippen molar-refractivity contribution < 1.29 is 27.4 Å². The van der Waals surface area contributed by atoms with Crippen LogP contribution >= 0.6 is 0 Å².